The third-order valence-corrected chi connectivity index (χ3v) is 3.96. The van der Waals surface area contributed by atoms with E-state index < -0.39 is 0 Å². The van der Waals surface area contributed by atoms with Crippen LogP contribution in [0.3, 0.4) is 0 Å². The molecule has 120 valence electrons. The van der Waals surface area contributed by atoms with E-state index in [0.29, 0.717) is 0 Å². The second-order valence-corrected chi connectivity index (χ2v) is 8.15. The molecule has 0 aliphatic rings. The zero-order chi connectivity index (χ0) is 16.8. The normalized spacial score (nSPS) is 12.8. The molecule has 2 aromatic heterocycles. The van der Waals surface area contributed by atoms with Crippen LogP contribution in [0.15, 0.2) is 42.6 Å². The average molecular weight is 307 g/mol. The fourth-order valence-corrected chi connectivity index (χ4v) is 2.72. The predicted octanol–water partition coefficient (Wildman–Crippen LogP) is 5.02. The van der Waals surface area contributed by atoms with Crippen LogP contribution in [0.4, 0.5) is 0 Å². The number of hydrogen-bond acceptors (Lipinski definition) is 2. The lowest BCUT2D eigenvalue weighted by molar-refractivity contribution is 0.519. The molecule has 3 nitrogen and oxygen atoms in total. The van der Waals surface area contributed by atoms with Crippen LogP contribution >= 0.6 is 0 Å². The van der Waals surface area contributed by atoms with E-state index in [2.05, 4.69) is 82.6 Å². The maximum atomic E-state index is 4.93. The highest BCUT2D eigenvalue weighted by Gasteiger charge is 2.26. The van der Waals surface area contributed by atoms with E-state index in [1.54, 1.807) is 0 Å². The van der Waals surface area contributed by atoms with E-state index in [1.807, 2.05) is 6.07 Å². The van der Waals surface area contributed by atoms with Gasteiger partial charge in [0.05, 0.1) is 5.69 Å². The highest BCUT2D eigenvalue weighted by molar-refractivity contribution is 5.81. The Balaban J connectivity index is 2.35. The minimum absolute atomic E-state index is 0.0237. The first-order chi connectivity index (χ1) is 10.7. The average Bonchev–Trinajstić information content (AvgIpc) is 2.89. The monoisotopic (exact) mass is 307 g/mol. The minimum Gasteiger partial charge on any atom is -0.301 e. The van der Waals surface area contributed by atoms with E-state index in [0.717, 1.165) is 28.2 Å². The van der Waals surface area contributed by atoms with Crippen molar-refractivity contribution in [2.24, 2.45) is 0 Å². The second-order valence-electron chi connectivity index (χ2n) is 8.15. The van der Waals surface area contributed by atoms with Gasteiger partial charge in [0, 0.05) is 28.1 Å². The number of aromatic nitrogens is 3. The van der Waals surface area contributed by atoms with Gasteiger partial charge in [-0.1, -0.05) is 59.7 Å². The molecule has 0 unspecified atom stereocenters. The largest absolute Gasteiger partial charge is 0.301 e. The van der Waals surface area contributed by atoms with Gasteiger partial charge in [-0.15, -0.1) is 0 Å². The summed E-state index contributed by atoms with van der Waals surface area (Å²) in [6.45, 7) is 13.1. The molecular formula is C20H25N3. The minimum atomic E-state index is -0.0834. The summed E-state index contributed by atoms with van der Waals surface area (Å²) >= 11 is 0. The smallest absolute Gasteiger partial charge is 0.148 e. The molecule has 0 spiro atoms. The molecule has 0 fully saturated rings. The van der Waals surface area contributed by atoms with Gasteiger partial charge in [0.1, 0.15) is 11.5 Å². The number of para-hydroxylation sites is 1. The van der Waals surface area contributed by atoms with Gasteiger partial charge in [-0.25, -0.2) is 9.97 Å². The van der Waals surface area contributed by atoms with Crippen LogP contribution < -0.4 is 0 Å². The van der Waals surface area contributed by atoms with Gasteiger partial charge in [-0.2, -0.15) is 0 Å². The van der Waals surface area contributed by atoms with Crippen molar-refractivity contribution >= 4 is 11.0 Å². The van der Waals surface area contributed by atoms with Gasteiger partial charge < -0.3 is 4.57 Å². The Kier molecular flexibility index (Phi) is 3.55. The molecule has 23 heavy (non-hydrogen) atoms. The first-order valence-electron chi connectivity index (χ1n) is 8.13. The molecule has 0 atom stereocenters. The van der Waals surface area contributed by atoms with Crippen molar-refractivity contribution < 1.29 is 0 Å². The Hall–Kier alpha value is -2.16. The van der Waals surface area contributed by atoms with Crippen molar-refractivity contribution in [1.29, 1.82) is 0 Å². The van der Waals surface area contributed by atoms with Gasteiger partial charge >= 0.3 is 0 Å². The van der Waals surface area contributed by atoms with Gasteiger partial charge in [-0.05, 0) is 18.2 Å². The lowest BCUT2D eigenvalue weighted by Gasteiger charge is -2.24. The summed E-state index contributed by atoms with van der Waals surface area (Å²) in [7, 11) is 0. The fourth-order valence-electron chi connectivity index (χ4n) is 2.72. The molecule has 3 aromatic rings. The van der Waals surface area contributed by atoms with Crippen LogP contribution in [0.25, 0.3) is 16.7 Å². The van der Waals surface area contributed by atoms with Crippen molar-refractivity contribution in [3.63, 3.8) is 0 Å². The summed E-state index contributed by atoms with van der Waals surface area (Å²) in [5.41, 5.74) is 3.12. The molecule has 0 radical (unpaired) electrons. The molecule has 0 bridgehead atoms. The Morgan fingerprint density at radius 2 is 1.43 bits per heavy atom. The molecule has 0 N–H and O–H groups in total. The quantitative estimate of drug-likeness (QED) is 0.632. The number of hydrogen-bond donors (Lipinski definition) is 0. The topological polar surface area (TPSA) is 30.7 Å². The first-order valence-corrected chi connectivity index (χ1v) is 8.13. The lowest BCUT2D eigenvalue weighted by Crippen LogP contribution is -2.22. The molecular weight excluding hydrogens is 282 g/mol. The van der Waals surface area contributed by atoms with Gasteiger partial charge in [0.25, 0.3) is 0 Å². The van der Waals surface area contributed by atoms with E-state index in [4.69, 9.17) is 9.97 Å². The third kappa shape index (κ3) is 2.88. The SMILES string of the molecule is CC(C)(C)c1nc(C(C)(C)C)c2ccn(-c3ccccc3)c2n1. The van der Waals surface area contributed by atoms with E-state index in [-0.39, 0.29) is 10.8 Å². The Bertz CT molecular complexity index is 831. The van der Waals surface area contributed by atoms with Crippen LogP contribution in [0.1, 0.15) is 53.1 Å². The number of nitrogens with zero attached hydrogens (tertiary/aromatic N) is 3. The number of fused-ring (bicyclic) bond motifs is 1. The number of benzene rings is 1. The molecule has 1 aromatic carbocycles. The van der Waals surface area contributed by atoms with Crippen molar-refractivity contribution in [3.05, 3.63) is 54.1 Å². The van der Waals surface area contributed by atoms with Crippen molar-refractivity contribution in [1.82, 2.24) is 14.5 Å². The van der Waals surface area contributed by atoms with Gasteiger partial charge in [0.15, 0.2) is 0 Å². The summed E-state index contributed by atoms with van der Waals surface area (Å²) < 4.78 is 2.15. The van der Waals surface area contributed by atoms with Crippen LogP contribution in [0.5, 0.6) is 0 Å². The molecule has 0 aliphatic carbocycles. The lowest BCUT2D eigenvalue weighted by atomic mass is 9.88. The van der Waals surface area contributed by atoms with Crippen LogP contribution in [-0.2, 0) is 10.8 Å². The van der Waals surface area contributed by atoms with Crippen molar-refractivity contribution in [2.45, 2.75) is 52.4 Å². The standard InChI is InChI=1S/C20H25N3/c1-19(2,3)16-15-12-13-23(14-10-8-7-9-11-14)17(15)22-18(21-16)20(4,5)6/h7-13H,1-6H3. The summed E-state index contributed by atoms with van der Waals surface area (Å²) in [5.74, 6) is 0.894. The Morgan fingerprint density at radius 1 is 0.783 bits per heavy atom. The second kappa shape index (κ2) is 5.19. The molecule has 2 heterocycles. The molecule has 0 aliphatic heterocycles. The highest BCUT2D eigenvalue weighted by Crippen LogP contribution is 2.32. The maximum absolute atomic E-state index is 4.93. The zero-order valence-corrected chi connectivity index (χ0v) is 14.9. The summed E-state index contributed by atoms with van der Waals surface area (Å²) in [5, 5.41) is 1.13. The third-order valence-electron chi connectivity index (χ3n) is 3.96. The van der Waals surface area contributed by atoms with Crippen molar-refractivity contribution in [2.75, 3.05) is 0 Å². The van der Waals surface area contributed by atoms with E-state index in [1.165, 1.54) is 0 Å². The molecule has 3 heteroatoms. The van der Waals surface area contributed by atoms with Gasteiger partial charge in [-0.3, -0.25) is 0 Å². The molecule has 0 amide bonds. The molecule has 0 saturated heterocycles. The van der Waals surface area contributed by atoms with Crippen LogP contribution in [0, 0.1) is 0 Å². The Labute approximate surface area is 138 Å². The maximum Gasteiger partial charge on any atom is 0.148 e. The van der Waals surface area contributed by atoms with Crippen LogP contribution in [0.2, 0.25) is 0 Å². The summed E-state index contributed by atoms with van der Waals surface area (Å²) in [4.78, 5) is 9.83. The summed E-state index contributed by atoms with van der Waals surface area (Å²) in [6.07, 6.45) is 2.09. The number of rotatable bonds is 1. The fraction of sp³-hybridized carbons (Fsp3) is 0.400. The highest BCUT2D eigenvalue weighted by atomic mass is 15.1. The summed E-state index contributed by atoms with van der Waals surface area (Å²) in [6, 6.07) is 12.5. The molecule has 0 saturated carbocycles. The van der Waals surface area contributed by atoms with Gasteiger partial charge in [0.2, 0.25) is 0 Å². The molecule has 3 rings (SSSR count). The predicted molar refractivity (Wildman–Crippen MR) is 96.3 cm³/mol. The van der Waals surface area contributed by atoms with E-state index in [9.17, 15) is 0 Å². The Morgan fingerprint density at radius 3 is 2.00 bits per heavy atom. The van der Waals surface area contributed by atoms with Crippen molar-refractivity contribution in [3.8, 4) is 5.69 Å². The van der Waals surface area contributed by atoms with Crippen LogP contribution in [-0.4, -0.2) is 14.5 Å². The zero-order valence-electron chi connectivity index (χ0n) is 14.9. The first kappa shape index (κ1) is 15.7. The van der Waals surface area contributed by atoms with E-state index >= 15 is 0 Å².